The molecule has 24 heavy (non-hydrogen) atoms. The third-order valence-electron chi connectivity index (χ3n) is 3.20. The van der Waals surface area contributed by atoms with Crippen molar-refractivity contribution in [1.82, 2.24) is 0 Å². The number of halogens is 14. The van der Waals surface area contributed by atoms with Gasteiger partial charge < -0.3 is 4.74 Å². The standard InChI is InChI=1S/C9H4F14O/c10-3(11)1-2-4(12,6(3,13)14)24-5(7(15,16)17,8(18,19)20)9(21,22)23/h1-2H2. The first kappa shape index (κ1) is 21.0. The molecule has 0 N–H and O–H groups in total. The third-order valence-corrected chi connectivity index (χ3v) is 3.20. The van der Waals surface area contributed by atoms with Crippen LogP contribution in [0.25, 0.3) is 0 Å². The lowest BCUT2D eigenvalue weighted by molar-refractivity contribution is -0.499. The van der Waals surface area contributed by atoms with Crippen molar-refractivity contribution in [2.24, 2.45) is 0 Å². The van der Waals surface area contributed by atoms with Crippen LogP contribution in [0.1, 0.15) is 12.8 Å². The monoisotopic (exact) mass is 394 g/mol. The highest BCUT2D eigenvalue weighted by molar-refractivity contribution is 5.10. The van der Waals surface area contributed by atoms with Crippen LogP contribution >= 0.6 is 0 Å². The number of hydrogen-bond donors (Lipinski definition) is 0. The molecule has 1 fully saturated rings. The highest BCUT2D eigenvalue weighted by atomic mass is 19.4. The van der Waals surface area contributed by atoms with Crippen molar-refractivity contribution in [1.29, 1.82) is 0 Å². The van der Waals surface area contributed by atoms with Gasteiger partial charge in [-0.15, -0.1) is 0 Å². The Morgan fingerprint density at radius 3 is 1.12 bits per heavy atom. The maximum Gasteiger partial charge on any atom is 0.435 e. The average Bonchev–Trinajstić information content (AvgIpc) is 2.42. The molecule has 1 aliphatic rings. The Morgan fingerprint density at radius 1 is 0.583 bits per heavy atom. The lowest BCUT2D eigenvalue weighted by atomic mass is 10.00. The minimum atomic E-state index is -7.53. The molecule has 144 valence electrons. The summed E-state index contributed by atoms with van der Waals surface area (Å²) in [5, 5.41) is 0. The number of alkyl halides is 14. The van der Waals surface area contributed by atoms with E-state index in [2.05, 4.69) is 4.74 Å². The van der Waals surface area contributed by atoms with E-state index in [0.717, 1.165) is 0 Å². The van der Waals surface area contributed by atoms with Gasteiger partial charge in [-0.2, -0.15) is 57.1 Å². The van der Waals surface area contributed by atoms with Gasteiger partial charge in [0.2, 0.25) is 0 Å². The van der Waals surface area contributed by atoms with Crippen LogP contribution in [0.4, 0.5) is 61.5 Å². The van der Waals surface area contributed by atoms with Crippen LogP contribution in [0.2, 0.25) is 0 Å². The molecule has 0 aromatic rings. The van der Waals surface area contributed by atoms with E-state index in [1.165, 1.54) is 0 Å². The number of ether oxygens (including phenoxy) is 1. The molecule has 1 nitrogen and oxygen atoms in total. The highest BCUT2D eigenvalue weighted by Crippen LogP contribution is 2.63. The Bertz CT molecular complexity index is 448. The van der Waals surface area contributed by atoms with Crippen molar-refractivity contribution in [3.63, 3.8) is 0 Å². The molecule has 0 bridgehead atoms. The lowest BCUT2D eigenvalue weighted by Gasteiger charge is -2.42. The van der Waals surface area contributed by atoms with Crippen LogP contribution in [0, 0.1) is 0 Å². The van der Waals surface area contributed by atoms with E-state index in [-0.39, 0.29) is 0 Å². The quantitative estimate of drug-likeness (QED) is 0.589. The Labute approximate surface area is 122 Å². The first-order chi connectivity index (χ1) is 10.2. The molecule has 0 heterocycles. The molecule has 0 aromatic heterocycles. The smallest absolute Gasteiger partial charge is 0.309 e. The molecular weight excluding hydrogens is 390 g/mol. The summed E-state index contributed by atoms with van der Waals surface area (Å²) in [6.07, 6.45) is -27.5. The van der Waals surface area contributed by atoms with Crippen molar-refractivity contribution in [2.45, 2.75) is 54.7 Å². The Kier molecular flexibility index (Phi) is 4.38. The van der Waals surface area contributed by atoms with Gasteiger partial charge in [0, 0.05) is 12.8 Å². The van der Waals surface area contributed by atoms with Crippen LogP contribution in [0.3, 0.4) is 0 Å². The van der Waals surface area contributed by atoms with E-state index in [1.807, 2.05) is 0 Å². The van der Waals surface area contributed by atoms with Crippen LogP contribution in [0.5, 0.6) is 0 Å². The Morgan fingerprint density at radius 2 is 0.917 bits per heavy atom. The molecule has 1 unspecified atom stereocenters. The maximum absolute atomic E-state index is 13.7. The lowest BCUT2D eigenvalue weighted by Crippen LogP contribution is -2.71. The van der Waals surface area contributed by atoms with E-state index in [9.17, 15) is 61.5 Å². The van der Waals surface area contributed by atoms with Crippen LogP contribution in [0.15, 0.2) is 0 Å². The van der Waals surface area contributed by atoms with Gasteiger partial charge in [-0.3, -0.25) is 0 Å². The van der Waals surface area contributed by atoms with Crippen LogP contribution in [-0.2, 0) is 4.74 Å². The van der Waals surface area contributed by atoms with E-state index in [1.54, 1.807) is 0 Å². The SMILES string of the molecule is FC(F)(F)C(OC1(F)CCC(F)(F)C1(F)F)(C(F)(F)F)C(F)(F)F. The van der Waals surface area contributed by atoms with Gasteiger partial charge in [0.15, 0.2) is 0 Å². The summed E-state index contributed by atoms with van der Waals surface area (Å²) in [5.74, 6) is -17.7. The molecular formula is C9H4F14O. The summed E-state index contributed by atoms with van der Waals surface area (Å²) in [7, 11) is 0. The van der Waals surface area contributed by atoms with Gasteiger partial charge in [0.25, 0.3) is 5.85 Å². The molecule has 0 spiro atoms. The molecule has 1 saturated carbocycles. The highest BCUT2D eigenvalue weighted by Gasteiger charge is 2.90. The van der Waals surface area contributed by atoms with Gasteiger partial charge in [0.05, 0.1) is 0 Å². The summed E-state index contributed by atoms with van der Waals surface area (Å²) < 4.78 is 180. The second-order valence-electron chi connectivity index (χ2n) is 4.78. The van der Waals surface area contributed by atoms with Crippen molar-refractivity contribution in [3.05, 3.63) is 0 Å². The van der Waals surface area contributed by atoms with Gasteiger partial charge >= 0.3 is 36.0 Å². The summed E-state index contributed by atoms with van der Waals surface area (Å²) in [5.41, 5.74) is -7.43. The van der Waals surface area contributed by atoms with Gasteiger partial charge in [-0.05, 0) is 0 Å². The summed E-state index contributed by atoms with van der Waals surface area (Å²) in [6, 6.07) is 0. The summed E-state index contributed by atoms with van der Waals surface area (Å²) in [6.45, 7) is 0. The zero-order valence-electron chi connectivity index (χ0n) is 10.6. The fourth-order valence-electron chi connectivity index (χ4n) is 1.92. The normalized spacial score (nSPS) is 28.2. The first-order valence-electron chi connectivity index (χ1n) is 5.51. The van der Waals surface area contributed by atoms with Crippen molar-refractivity contribution in [2.75, 3.05) is 0 Å². The second kappa shape index (κ2) is 5.00. The zero-order chi connectivity index (χ0) is 19.6. The number of hydrogen-bond acceptors (Lipinski definition) is 1. The van der Waals surface area contributed by atoms with Gasteiger partial charge in [0.1, 0.15) is 0 Å². The van der Waals surface area contributed by atoms with Crippen molar-refractivity contribution in [3.8, 4) is 0 Å². The summed E-state index contributed by atoms with van der Waals surface area (Å²) >= 11 is 0. The first-order valence-corrected chi connectivity index (χ1v) is 5.51. The van der Waals surface area contributed by atoms with Gasteiger partial charge in [-0.1, -0.05) is 0 Å². The fourth-order valence-corrected chi connectivity index (χ4v) is 1.92. The predicted octanol–water partition coefficient (Wildman–Crippen LogP) is 5.16. The minimum Gasteiger partial charge on any atom is -0.309 e. The van der Waals surface area contributed by atoms with E-state index in [0.29, 0.717) is 0 Å². The predicted molar refractivity (Wildman–Crippen MR) is 44.9 cm³/mol. The van der Waals surface area contributed by atoms with E-state index in [4.69, 9.17) is 0 Å². The van der Waals surface area contributed by atoms with Crippen molar-refractivity contribution >= 4 is 0 Å². The van der Waals surface area contributed by atoms with Crippen LogP contribution in [-0.4, -0.2) is 41.8 Å². The Hall–Kier alpha value is -1.02. The molecule has 15 heteroatoms. The minimum absolute atomic E-state index is 2.16. The second-order valence-corrected chi connectivity index (χ2v) is 4.78. The topological polar surface area (TPSA) is 9.23 Å². The zero-order valence-corrected chi connectivity index (χ0v) is 10.6. The molecule has 0 amide bonds. The number of rotatable bonds is 2. The van der Waals surface area contributed by atoms with Crippen molar-refractivity contribution < 1.29 is 66.2 Å². The fraction of sp³-hybridized carbons (Fsp3) is 1.00. The molecule has 0 aliphatic heterocycles. The summed E-state index contributed by atoms with van der Waals surface area (Å²) in [4.78, 5) is 0. The van der Waals surface area contributed by atoms with E-state index >= 15 is 0 Å². The maximum atomic E-state index is 13.7. The average molecular weight is 394 g/mol. The van der Waals surface area contributed by atoms with Crippen LogP contribution < -0.4 is 0 Å². The Balaban J connectivity index is 3.62. The molecule has 1 aliphatic carbocycles. The molecule has 1 rings (SSSR count). The largest absolute Gasteiger partial charge is 0.435 e. The van der Waals surface area contributed by atoms with E-state index < -0.39 is 54.7 Å². The third kappa shape index (κ3) is 2.58. The molecule has 0 aromatic carbocycles. The molecule has 0 radical (unpaired) electrons. The van der Waals surface area contributed by atoms with Gasteiger partial charge in [-0.25, -0.2) is 4.39 Å². The molecule has 0 saturated heterocycles. The molecule has 1 atom stereocenters.